The van der Waals surface area contributed by atoms with Crippen LogP contribution in [0.1, 0.15) is 27.6 Å². The van der Waals surface area contributed by atoms with Crippen LogP contribution in [0.4, 0.5) is 11.5 Å². The molecule has 4 rings (SSSR count). The average Bonchev–Trinajstić information content (AvgIpc) is 3.41. The summed E-state index contributed by atoms with van der Waals surface area (Å²) in [6, 6.07) is 15.8. The second-order valence-electron chi connectivity index (χ2n) is 7.29. The number of ether oxygens (including phenoxy) is 1. The topological polar surface area (TPSA) is 112 Å². The zero-order chi connectivity index (χ0) is 24.2. The molecule has 0 bridgehead atoms. The summed E-state index contributed by atoms with van der Waals surface area (Å²) in [6.45, 7) is 2.26. The number of non-ortho nitro benzene ring substituents is 1. The molecule has 34 heavy (non-hydrogen) atoms. The van der Waals surface area contributed by atoms with Gasteiger partial charge in [-0.1, -0.05) is 29.3 Å². The fraction of sp³-hybridized carbons (Fsp3) is 0.130. The van der Waals surface area contributed by atoms with Gasteiger partial charge in [-0.15, -0.1) is 0 Å². The van der Waals surface area contributed by atoms with Crippen LogP contribution in [0.3, 0.4) is 0 Å². The predicted molar refractivity (Wildman–Crippen MR) is 127 cm³/mol. The molecule has 2 aromatic heterocycles. The monoisotopic (exact) mass is 500 g/mol. The van der Waals surface area contributed by atoms with Crippen LogP contribution in [-0.4, -0.2) is 20.6 Å². The number of halogens is 2. The van der Waals surface area contributed by atoms with Gasteiger partial charge in [-0.3, -0.25) is 19.6 Å². The normalized spacial score (nSPS) is 10.8. The standard InChI is InChI=1S/C23H18Cl2N4O5/c1-14-11-22(27-28(14)12-18-19(24)3-2-4-20(18)25)26-23(30)21-10-9-17(34-21)13-33-16-7-5-15(6-8-16)29(31)32/h2-11H,12-13H2,1H3,(H,26,27,30). The molecule has 0 atom stereocenters. The SMILES string of the molecule is Cc1cc(NC(=O)c2ccc(COc3ccc([N+](=O)[O-])cc3)o2)nn1Cc1c(Cl)cccc1Cl. The Hall–Kier alpha value is -3.82. The number of nitro groups is 1. The first kappa shape index (κ1) is 23.3. The summed E-state index contributed by atoms with van der Waals surface area (Å²) in [7, 11) is 0. The number of aromatic nitrogens is 2. The minimum atomic E-state index is -0.488. The highest BCUT2D eigenvalue weighted by Crippen LogP contribution is 2.26. The minimum Gasteiger partial charge on any atom is -0.486 e. The van der Waals surface area contributed by atoms with E-state index in [0.717, 1.165) is 11.3 Å². The molecule has 9 nitrogen and oxygen atoms in total. The zero-order valence-electron chi connectivity index (χ0n) is 17.8. The smallest absolute Gasteiger partial charge is 0.292 e. The Morgan fingerprint density at radius 1 is 1.15 bits per heavy atom. The van der Waals surface area contributed by atoms with Crippen molar-refractivity contribution in [3.63, 3.8) is 0 Å². The van der Waals surface area contributed by atoms with Crippen LogP contribution in [0.2, 0.25) is 10.0 Å². The molecule has 2 aromatic carbocycles. The van der Waals surface area contributed by atoms with E-state index in [1.807, 2.05) is 6.92 Å². The molecule has 1 amide bonds. The fourth-order valence-electron chi connectivity index (χ4n) is 3.14. The number of nitro benzene ring substituents is 1. The van der Waals surface area contributed by atoms with E-state index >= 15 is 0 Å². The number of hydrogen-bond donors (Lipinski definition) is 1. The van der Waals surface area contributed by atoms with E-state index in [4.69, 9.17) is 32.4 Å². The van der Waals surface area contributed by atoms with Crippen molar-refractivity contribution in [1.82, 2.24) is 9.78 Å². The second kappa shape index (κ2) is 9.98. The van der Waals surface area contributed by atoms with Gasteiger partial charge >= 0.3 is 0 Å². The lowest BCUT2D eigenvalue weighted by Crippen LogP contribution is -2.12. The quantitative estimate of drug-likeness (QED) is 0.238. The Morgan fingerprint density at radius 3 is 2.53 bits per heavy atom. The van der Waals surface area contributed by atoms with Gasteiger partial charge < -0.3 is 14.5 Å². The molecular formula is C23H18Cl2N4O5. The van der Waals surface area contributed by atoms with Gasteiger partial charge in [0.05, 0.1) is 11.5 Å². The van der Waals surface area contributed by atoms with Gasteiger partial charge in [0.15, 0.2) is 11.6 Å². The molecule has 11 heteroatoms. The summed E-state index contributed by atoms with van der Waals surface area (Å²) < 4.78 is 12.8. The fourth-order valence-corrected chi connectivity index (χ4v) is 3.66. The molecule has 0 saturated heterocycles. The van der Waals surface area contributed by atoms with Gasteiger partial charge in [0, 0.05) is 39.5 Å². The van der Waals surface area contributed by atoms with Gasteiger partial charge in [-0.2, -0.15) is 5.10 Å². The Morgan fingerprint density at radius 2 is 1.85 bits per heavy atom. The van der Waals surface area contributed by atoms with Crippen molar-refractivity contribution in [3.8, 4) is 5.75 Å². The Labute approximate surface area is 204 Å². The molecule has 0 radical (unpaired) electrons. The van der Waals surface area contributed by atoms with Crippen LogP contribution in [0.25, 0.3) is 0 Å². The highest BCUT2D eigenvalue weighted by atomic mass is 35.5. The van der Waals surface area contributed by atoms with Gasteiger partial charge in [-0.25, -0.2) is 0 Å². The molecule has 4 aromatic rings. The van der Waals surface area contributed by atoms with Gasteiger partial charge in [0.1, 0.15) is 18.1 Å². The first-order chi connectivity index (χ1) is 16.3. The molecule has 174 valence electrons. The maximum atomic E-state index is 12.6. The lowest BCUT2D eigenvalue weighted by molar-refractivity contribution is -0.384. The van der Waals surface area contributed by atoms with E-state index in [2.05, 4.69) is 10.4 Å². The highest BCUT2D eigenvalue weighted by molar-refractivity contribution is 6.35. The number of anilines is 1. The van der Waals surface area contributed by atoms with Gasteiger partial charge in [0.25, 0.3) is 11.6 Å². The number of carbonyl (C=O) groups excluding carboxylic acids is 1. The van der Waals surface area contributed by atoms with Gasteiger partial charge in [-0.05, 0) is 43.3 Å². The largest absolute Gasteiger partial charge is 0.486 e. The van der Waals surface area contributed by atoms with Gasteiger partial charge in [0.2, 0.25) is 0 Å². The van der Waals surface area contributed by atoms with Crippen molar-refractivity contribution in [2.45, 2.75) is 20.1 Å². The zero-order valence-corrected chi connectivity index (χ0v) is 19.3. The van der Waals surface area contributed by atoms with Crippen molar-refractivity contribution in [2.24, 2.45) is 0 Å². The number of hydrogen-bond acceptors (Lipinski definition) is 6. The third-order valence-corrected chi connectivity index (χ3v) is 5.61. The summed E-state index contributed by atoms with van der Waals surface area (Å²) in [5.41, 5.74) is 1.51. The third-order valence-electron chi connectivity index (χ3n) is 4.91. The van der Waals surface area contributed by atoms with Crippen LogP contribution in [0.5, 0.6) is 5.75 Å². The first-order valence-corrected chi connectivity index (χ1v) is 10.8. The van der Waals surface area contributed by atoms with Crippen molar-refractivity contribution in [3.05, 3.63) is 104 Å². The summed E-state index contributed by atoms with van der Waals surface area (Å²) >= 11 is 12.5. The molecule has 2 heterocycles. The number of carbonyl (C=O) groups is 1. The molecule has 0 aliphatic heterocycles. The maximum Gasteiger partial charge on any atom is 0.292 e. The summed E-state index contributed by atoms with van der Waals surface area (Å²) in [5, 5.41) is 18.9. The number of benzene rings is 2. The van der Waals surface area contributed by atoms with Crippen LogP contribution < -0.4 is 10.1 Å². The number of nitrogens with zero attached hydrogens (tertiary/aromatic N) is 3. The molecule has 0 spiro atoms. The van der Waals surface area contributed by atoms with Crippen LogP contribution in [0.15, 0.2) is 65.1 Å². The maximum absolute atomic E-state index is 12.6. The van der Waals surface area contributed by atoms with Crippen LogP contribution in [0, 0.1) is 17.0 Å². The summed E-state index contributed by atoms with van der Waals surface area (Å²) in [6.07, 6.45) is 0. The molecule has 0 saturated carbocycles. The number of nitrogens with one attached hydrogen (secondary N) is 1. The summed E-state index contributed by atoms with van der Waals surface area (Å²) in [4.78, 5) is 22.8. The minimum absolute atomic E-state index is 0.0306. The van der Waals surface area contributed by atoms with E-state index < -0.39 is 10.8 Å². The van der Waals surface area contributed by atoms with E-state index in [1.165, 1.54) is 30.3 Å². The van der Waals surface area contributed by atoms with E-state index in [0.29, 0.717) is 33.9 Å². The number of aryl methyl sites for hydroxylation is 1. The van der Waals surface area contributed by atoms with Crippen molar-refractivity contribution < 1.29 is 18.9 Å². The molecule has 0 aliphatic rings. The molecule has 0 unspecified atom stereocenters. The van der Waals surface area contributed by atoms with E-state index in [-0.39, 0.29) is 18.1 Å². The van der Waals surface area contributed by atoms with Crippen LogP contribution >= 0.6 is 23.2 Å². The van der Waals surface area contributed by atoms with E-state index in [1.54, 1.807) is 35.0 Å². The number of rotatable bonds is 8. The Bertz CT molecular complexity index is 1330. The number of furan rings is 1. The third kappa shape index (κ3) is 5.38. The molecular weight excluding hydrogens is 483 g/mol. The second-order valence-corrected chi connectivity index (χ2v) is 8.10. The average molecular weight is 501 g/mol. The molecule has 0 fully saturated rings. The lowest BCUT2D eigenvalue weighted by atomic mass is 10.2. The molecule has 1 N–H and O–H groups in total. The summed E-state index contributed by atoms with van der Waals surface area (Å²) in [5.74, 6) is 0.822. The Balaban J connectivity index is 1.37. The Kier molecular flexibility index (Phi) is 6.85. The van der Waals surface area contributed by atoms with Crippen molar-refractivity contribution >= 4 is 40.6 Å². The molecule has 0 aliphatic carbocycles. The van der Waals surface area contributed by atoms with E-state index in [9.17, 15) is 14.9 Å². The van der Waals surface area contributed by atoms with Crippen LogP contribution in [-0.2, 0) is 13.2 Å². The number of amides is 1. The first-order valence-electron chi connectivity index (χ1n) is 10.0. The highest BCUT2D eigenvalue weighted by Gasteiger charge is 2.16. The lowest BCUT2D eigenvalue weighted by Gasteiger charge is -2.08. The predicted octanol–water partition coefficient (Wildman–Crippen LogP) is 5.88. The van der Waals surface area contributed by atoms with Crippen molar-refractivity contribution in [1.29, 1.82) is 0 Å². The van der Waals surface area contributed by atoms with Crippen molar-refractivity contribution in [2.75, 3.05) is 5.32 Å².